The molecule has 0 amide bonds. The molecule has 4 aromatic rings. The Labute approximate surface area is 198 Å². The summed E-state index contributed by atoms with van der Waals surface area (Å²) in [6, 6.07) is 22.2. The molecular formula is C24H22N4O4S2. The van der Waals surface area contributed by atoms with Gasteiger partial charge in [0, 0.05) is 23.6 Å². The van der Waals surface area contributed by atoms with Crippen LogP contribution in [0.15, 0.2) is 100.0 Å². The number of sulfonamides is 1. The Balaban J connectivity index is 1.69. The molecule has 0 bridgehead atoms. The summed E-state index contributed by atoms with van der Waals surface area (Å²) in [6.07, 6.45) is 4.24. The van der Waals surface area contributed by atoms with E-state index >= 15 is 0 Å². The van der Waals surface area contributed by atoms with Gasteiger partial charge in [-0.15, -0.1) is 0 Å². The normalized spacial score (nSPS) is 12.2. The van der Waals surface area contributed by atoms with Crippen molar-refractivity contribution in [2.24, 2.45) is 5.10 Å². The van der Waals surface area contributed by atoms with Gasteiger partial charge in [0.25, 0.3) is 10.0 Å². The number of nitrogens with one attached hydrogen (secondary N) is 1. The Morgan fingerprint density at radius 2 is 1.47 bits per heavy atom. The topological polar surface area (TPSA) is 110 Å². The number of hydrogen-bond acceptors (Lipinski definition) is 6. The van der Waals surface area contributed by atoms with Gasteiger partial charge >= 0.3 is 0 Å². The van der Waals surface area contributed by atoms with E-state index in [-0.39, 0.29) is 9.79 Å². The van der Waals surface area contributed by atoms with Crippen LogP contribution in [0, 0.1) is 6.92 Å². The molecule has 34 heavy (non-hydrogen) atoms. The average Bonchev–Trinajstić information content (AvgIpc) is 3.23. The molecule has 0 saturated heterocycles. The monoisotopic (exact) mass is 494 g/mol. The first-order valence-electron chi connectivity index (χ1n) is 10.2. The zero-order valence-electron chi connectivity index (χ0n) is 18.5. The third-order valence-corrected chi connectivity index (χ3v) is 7.39. The summed E-state index contributed by atoms with van der Waals surface area (Å²) >= 11 is 0. The smallest absolute Gasteiger partial charge is 0.240 e. The summed E-state index contributed by atoms with van der Waals surface area (Å²) < 4.78 is 50.3. The maximum absolute atomic E-state index is 12.5. The number of rotatable bonds is 7. The minimum atomic E-state index is -3.83. The van der Waals surface area contributed by atoms with Crippen LogP contribution in [0.5, 0.6) is 0 Å². The zero-order valence-corrected chi connectivity index (χ0v) is 20.1. The fraction of sp³-hybridized carbons (Fsp3) is 0.0833. The fourth-order valence-corrected chi connectivity index (χ4v) is 4.64. The molecule has 0 unspecified atom stereocenters. The number of hydrogen-bond donors (Lipinski definition) is 1. The predicted octanol–water partition coefficient (Wildman–Crippen LogP) is 3.56. The third kappa shape index (κ3) is 5.24. The summed E-state index contributed by atoms with van der Waals surface area (Å²) in [7, 11) is -7.17. The standard InChI is InChI=1S/C24H22N4O4S2/c1-18-8-12-23(13-9-18)34(31,32)27-25-16-20-17-28(21-6-4-3-5-7-21)26-24(20)19-10-14-22(15-11-19)33(2,29)30/h3-17,27H,1-2H3/b25-16+. The second-order valence-electron chi connectivity index (χ2n) is 7.68. The van der Waals surface area contributed by atoms with Crippen molar-refractivity contribution in [2.75, 3.05) is 6.26 Å². The van der Waals surface area contributed by atoms with Crippen LogP contribution in [0.25, 0.3) is 16.9 Å². The lowest BCUT2D eigenvalue weighted by molar-refractivity contribution is 0.584. The maximum Gasteiger partial charge on any atom is 0.276 e. The molecule has 174 valence electrons. The number of para-hydroxylation sites is 1. The Kier molecular flexibility index (Phi) is 6.36. The van der Waals surface area contributed by atoms with Gasteiger partial charge in [-0.05, 0) is 43.3 Å². The SMILES string of the molecule is Cc1ccc(S(=O)(=O)N/N=C/c2cn(-c3ccccc3)nc2-c2ccc(S(C)(=O)=O)cc2)cc1. The molecule has 10 heteroatoms. The van der Waals surface area contributed by atoms with E-state index in [1.54, 1.807) is 35.1 Å². The van der Waals surface area contributed by atoms with Crippen LogP contribution >= 0.6 is 0 Å². The van der Waals surface area contributed by atoms with Gasteiger partial charge in [0.05, 0.1) is 21.7 Å². The van der Waals surface area contributed by atoms with Gasteiger partial charge in [-0.1, -0.05) is 48.0 Å². The summed E-state index contributed by atoms with van der Waals surface area (Å²) in [5.74, 6) is 0. The minimum absolute atomic E-state index is 0.104. The maximum atomic E-state index is 12.5. The molecule has 4 rings (SSSR count). The molecule has 0 fully saturated rings. The molecule has 0 aliphatic heterocycles. The lowest BCUT2D eigenvalue weighted by Crippen LogP contribution is -2.18. The molecule has 8 nitrogen and oxygen atoms in total. The summed E-state index contributed by atoms with van der Waals surface area (Å²) in [4.78, 5) is 2.52. The van der Waals surface area contributed by atoms with Crippen molar-refractivity contribution in [3.63, 3.8) is 0 Å². The second-order valence-corrected chi connectivity index (χ2v) is 11.4. The van der Waals surface area contributed by atoms with E-state index in [1.807, 2.05) is 37.3 Å². The van der Waals surface area contributed by atoms with E-state index in [1.165, 1.54) is 30.5 Å². The highest BCUT2D eigenvalue weighted by molar-refractivity contribution is 7.90. The van der Waals surface area contributed by atoms with Crippen molar-refractivity contribution in [1.29, 1.82) is 0 Å². The lowest BCUT2D eigenvalue weighted by Gasteiger charge is -2.04. The Bertz CT molecular complexity index is 1540. The van der Waals surface area contributed by atoms with Crippen molar-refractivity contribution < 1.29 is 16.8 Å². The van der Waals surface area contributed by atoms with E-state index in [2.05, 4.69) is 15.0 Å². The highest BCUT2D eigenvalue weighted by Gasteiger charge is 2.15. The molecule has 0 saturated carbocycles. The van der Waals surface area contributed by atoms with Crippen LogP contribution in [0.4, 0.5) is 0 Å². The number of benzene rings is 3. The van der Waals surface area contributed by atoms with E-state index < -0.39 is 19.9 Å². The molecule has 0 atom stereocenters. The number of sulfone groups is 1. The summed E-state index contributed by atoms with van der Waals surface area (Å²) in [6.45, 7) is 1.87. The molecule has 0 aliphatic carbocycles. The molecule has 3 aromatic carbocycles. The largest absolute Gasteiger partial charge is 0.276 e. The Hall–Kier alpha value is -3.76. The van der Waals surface area contributed by atoms with Gasteiger partial charge < -0.3 is 0 Å². The van der Waals surface area contributed by atoms with E-state index in [0.717, 1.165) is 17.5 Å². The number of aryl methyl sites for hydroxylation is 1. The lowest BCUT2D eigenvalue weighted by atomic mass is 10.1. The number of aromatic nitrogens is 2. The molecule has 0 aliphatic rings. The van der Waals surface area contributed by atoms with Crippen LogP contribution in [-0.2, 0) is 19.9 Å². The second kappa shape index (κ2) is 9.24. The zero-order chi connectivity index (χ0) is 24.3. The van der Waals surface area contributed by atoms with Crippen LogP contribution < -0.4 is 4.83 Å². The third-order valence-electron chi connectivity index (χ3n) is 5.03. The van der Waals surface area contributed by atoms with Crippen LogP contribution in [0.2, 0.25) is 0 Å². The van der Waals surface area contributed by atoms with Crippen molar-refractivity contribution in [3.05, 3.63) is 96.2 Å². The van der Waals surface area contributed by atoms with E-state index in [4.69, 9.17) is 0 Å². The fourth-order valence-electron chi connectivity index (χ4n) is 3.21. The summed E-state index contributed by atoms with van der Waals surface area (Å²) in [5, 5.41) is 8.57. The molecule has 1 aromatic heterocycles. The van der Waals surface area contributed by atoms with Crippen LogP contribution in [0.1, 0.15) is 11.1 Å². The highest BCUT2D eigenvalue weighted by Crippen LogP contribution is 2.24. The van der Waals surface area contributed by atoms with Crippen LogP contribution in [-0.4, -0.2) is 39.1 Å². The van der Waals surface area contributed by atoms with Gasteiger partial charge in [0.15, 0.2) is 9.84 Å². The van der Waals surface area contributed by atoms with Gasteiger partial charge in [0.1, 0.15) is 5.69 Å². The first kappa shape index (κ1) is 23.4. The predicted molar refractivity (Wildman–Crippen MR) is 131 cm³/mol. The number of hydrazone groups is 1. The van der Waals surface area contributed by atoms with Crippen molar-refractivity contribution in [1.82, 2.24) is 14.6 Å². The van der Waals surface area contributed by atoms with Gasteiger partial charge in [0.2, 0.25) is 0 Å². The molecule has 1 heterocycles. The minimum Gasteiger partial charge on any atom is -0.240 e. The van der Waals surface area contributed by atoms with E-state index in [0.29, 0.717) is 16.8 Å². The van der Waals surface area contributed by atoms with Crippen molar-refractivity contribution in [3.8, 4) is 16.9 Å². The molecule has 1 N–H and O–H groups in total. The molecule has 0 radical (unpaired) electrons. The molecular weight excluding hydrogens is 472 g/mol. The number of nitrogens with zero attached hydrogens (tertiary/aromatic N) is 3. The Morgan fingerprint density at radius 3 is 2.09 bits per heavy atom. The highest BCUT2D eigenvalue weighted by atomic mass is 32.2. The van der Waals surface area contributed by atoms with Crippen LogP contribution in [0.3, 0.4) is 0 Å². The van der Waals surface area contributed by atoms with Crippen molar-refractivity contribution >= 4 is 26.1 Å². The van der Waals surface area contributed by atoms with Crippen molar-refractivity contribution in [2.45, 2.75) is 16.7 Å². The Morgan fingerprint density at radius 1 is 0.853 bits per heavy atom. The van der Waals surface area contributed by atoms with Gasteiger partial charge in [-0.3, -0.25) is 0 Å². The average molecular weight is 495 g/mol. The van der Waals surface area contributed by atoms with Gasteiger partial charge in [-0.2, -0.15) is 18.6 Å². The quantitative estimate of drug-likeness (QED) is 0.312. The summed E-state index contributed by atoms with van der Waals surface area (Å²) in [5.41, 5.74) is 3.47. The van der Waals surface area contributed by atoms with Gasteiger partial charge in [-0.25, -0.2) is 17.9 Å². The first-order chi connectivity index (χ1) is 16.1. The van der Waals surface area contributed by atoms with E-state index in [9.17, 15) is 16.8 Å². The first-order valence-corrected chi connectivity index (χ1v) is 13.6. The molecule has 0 spiro atoms.